The molecule has 6 nitrogen and oxygen atoms in total. The Kier molecular flexibility index (Phi) is 5.87. The Hall–Kier alpha value is -2.67. The van der Waals surface area contributed by atoms with E-state index in [1.54, 1.807) is 11.8 Å². The van der Waals surface area contributed by atoms with Crippen molar-refractivity contribution in [1.82, 2.24) is 0 Å². The average molecular weight is 333 g/mol. The summed E-state index contributed by atoms with van der Waals surface area (Å²) in [6, 6.07) is 13.5. The van der Waals surface area contributed by atoms with Crippen molar-refractivity contribution in [2.45, 2.75) is 4.90 Å². The summed E-state index contributed by atoms with van der Waals surface area (Å²) in [6.45, 7) is 0.218. The van der Waals surface area contributed by atoms with E-state index in [-0.39, 0.29) is 23.6 Å². The minimum Gasteiger partial charge on any atom is -0.507 e. The van der Waals surface area contributed by atoms with E-state index in [4.69, 9.17) is 9.84 Å². The van der Waals surface area contributed by atoms with E-state index in [1.165, 1.54) is 12.1 Å². The molecule has 0 radical (unpaired) electrons. The van der Waals surface area contributed by atoms with Crippen LogP contribution in [-0.4, -0.2) is 34.6 Å². The third-order valence-electron chi connectivity index (χ3n) is 2.80. The van der Waals surface area contributed by atoms with Gasteiger partial charge in [0.25, 0.3) is 0 Å². The fourth-order valence-electron chi connectivity index (χ4n) is 1.75. The van der Waals surface area contributed by atoms with E-state index in [0.29, 0.717) is 5.75 Å². The average Bonchev–Trinajstić information content (AvgIpc) is 2.54. The number of aromatic hydroxyl groups is 1. The topological polar surface area (TPSA) is 95.9 Å². The first-order valence-corrected chi connectivity index (χ1v) is 7.73. The Bertz CT molecular complexity index is 690. The van der Waals surface area contributed by atoms with Crippen LogP contribution in [0.2, 0.25) is 0 Å². The third kappa shape index (κ3) is 5.23. The lowest BCUT2D eigenvalue weighted by Crippen LogP contribution is -2.15. The molecule has 3 N–H and O–H groups in total. The first-order chi connectivity index (χ1) is 11.1. The second-order valence-corrected chi connectivity index (χ2v) is 5.63. The summed E-state index contributed by atoms with van der Waals surface area (Å²) in [7, 11) is 0. The van der Waals surface area contributed by atoms with Gasteiger partial charge >= 0.3 is 12.1 Å². The summed E-state index contributed by atoms with van der Waals surface area (Å²) in [5.74, 6) is -1.04. The maximum Gasteiger partial charge on any atom is 0.411 e. The molecule has 0 aliphatic carbocycles. The highest BCUT2D eigenvalue weighted by Crippen LogP contribution is 2.21. The van der Waals surface area contributed by atoms with Gasteiger partial charge in [-0.2, -0.15) is 0 Å². The van der Waals surface area contributed by atoms with Crippen molar-refractivity contribution in [2.24, 2.45) is 0 Å². The Balaban J connectivity index is 1.79. The zero-order valence-electron chi connectivity index (χ0n) is 12.1. The maximum atomic E-state index is 11.6. The molecule has 2 rings (SSSR count). The highest BCUT2D eigenvalue weighted by molar-refractivity contribution is 7.99. The lowest BCUT2D eigenvalue weighted by molar-refractivity contribution is 0.0693. The normalized spacial score (nSPS) is 10.1. The van der Waals surface area contributed by atoms with Crippen LogP contribution >= 0.6 is 11.8 Å². The van der Waals surface area contributed by atoms with E-state index < -0.39 is 12.1 Å². The maximum absolute atomic E-state index is 11.6. The number of carbonyl (C=O) groups is 2. The van der Waals surface area contributed by atoms with E-state index in [2.05, 4.69) is 5.32 Å². The van der Waals surface area contributed by atoms with Gasteiger partial charge in [0, 0.05) is 16.3 Å². The smallest absolute Gasteiger partial charge is 0.411 e. The highest BCUT2D eigenvalue weighted by Gasteiger charge is 2.11. The number of amides is 1. The summed E-state index contributed by atoms with van der Waals surface area (Å²) in [6.07, 6.45) is -0.680. The van der Waals surface area contributed by atoms with Crippen molar-refractivity contribution in [1.29, 1.82) is 0 Å². The lowest BCUT2D eigenvalue weighted by Gasteiger charge is -2.08. The molecule has 0 saturated carbocycles. The molecule has 0 bridgehead atoms. The summed E-state index contributed by atoms with van der Waals surface area (Å²) >= 11 is 1.56. The van der Waals surface area contributed by atoms with E-state index in [9.17, 15) is 14.7 Å². The summed E-state index contributed by atoms with van der Waals surface area (Å²) in [5.41, 5.74) is -0.0525. The van der Waals surface area contributed by atoms with Gasteiger partial charge in [-0.15, -0.1) is 11.8 Å². The zero-order valence-corrected chi connectivity index (χ0v) is 12.9. The van der Waals surface area contributed by atoms with Crippen molar-refractivity contribution in [2.75, 3.05) is 17.7 Å². The predicted molar refractivity (Wildman–Crippen MR) is 87.2 cm³/mol. The molecule has 0 aliphatic rings. The van der Waals surface area contributed by atoms with Crippen molar-refractivity contribution in [3.05, 3.63) is 54.1 Å². The van der Waals surface area contributed by atoms with Gasteiger partial charge in [0.05, 0.1) is 0 Å². The Morgan fingerprint density at radius 1 is 1.13 bits per heavy atom. The molecule has 2 aromatic rings. The zero-order chi connectivity index (χ0) is 16.7. The second kappa shape index (κ2) is 8.09. The van der Waals surface area contributed by atoms with Crippen molar-refractivity contribution < 1.29 is 24.5 Å². The van der Waals surface area contributed by atoms with Gasteiger partial charge in [0.15, 0.2) is 0 Å². The lowest BCUT2D eigenvalue weighted by atomic mass is 10.2. The second-order valence-electron chi connectivity index (χ2n) is 4.46. The van der Waals surface area contributed by atoms with Crippen LogP contribution in [0.5, 0.6) is 5.75 Å². The number of hydrogen-bond acceptors (Lipinski definition) is 5. The summed E-state index contributed by atoms with van der Waals surface area (Å²) in [5, 5.41) is 20.7. The van der Waals surface area contributed by atoms with Crippen LogP contribution in [-0.2, 0) is 4.74 Å². The van der Waals surface area contributed by atoms with E-state index in [1.807, 2.05) is 30.3 Å². The van der Waals surface area contributed by atoms with Crippen molar-refractivity contribution in [3.63, 3.8) is 0 Å². The molecule has 0 atom stereocenters. The van der Waals surface area contributed by atoms with Crippen LogP contribution in [0.15, 0.2) is 53.4 Å². The molecular weight excluding hydrogens is 318 g/mol. The molecule has 0 aliphatic heterocycles. The van der Waals surface area contributed by atoms with Gasteiger partial charge in [-0.25, -0.2) is 9.59 Å². The number of carbonyl (C=O) groups excluding carboxylic acids is 1. The number of anilines is 1. The number of phenols is 1. The molecule has 0 heterocycles. The fraction of sp³-hybridized carbons (Fsp3) is 0.125. The monoisotopic (exact) mass is 333 g/mol. The van der Waals surface area contributed by atoms with Crippen molar-refractivity contribution in [3.8, 4) is 5.75 Å². The number of rotatable bonds is 6. The van der Waals surface area contributed by atoms with Gasteiger partial charge in [-0.3, -0.25) is 5.32 Å². The Morgan fingerprint density at radius 2 is 1.87 bits per heavy atom. The number of carboxylic acid groups (broad SMARTS) is 1. The molecule has 1 amide bonds. The molecular formula is C16H15NO5S. The fourth-order valence-corrected chi connectivity index (χ4v) is 2.50. The predicted octanol–water partition coefficient (Wildman–Crippen LogP) is 3.43. The van der Waals surface area contributed by atoms with Crippen LogP contribution in [0.3, 0.4) is 0 Å². The largest absolute Gasteiger partial charge is 0.507 e. The van der Waals surface area contributed by atoms with Gasteiger partial charge < -0.3 is 14.9 Å². The molecule has 0 unspecified atom stereocenters. The Labute approximate surface area is 137 Å². The van der Waals surface area contributed by atoms with E-state index in [0.717, 1.165) is 11.0 Å². The number of benzene rings is 2. The van der Waals surface area contributed by atoms with Crippen LogP contribution < -0.4 is 5.32 Å². The standard InChI is InChI=1S/C16H15NO5S/c18-14-7-6-11(10-13(14)15(19)20)17-16(21)22-8-9-23-12-4-2-1-3-5-12/h1-7,10,18H,8-9H2,(H,17,21)(H,19,20). The van der Waals surface area contributed by atoms with Gasteiger partial charge in [0.1, 0.15) is 17.9 Å². The van der Waals surface area contributed by atoms with Crippen LogP contribution in [0, 0.1) is 0 Å². The third-order valence-corrected chi connectivity index (χ3v) is 3.78. The molecule has 2 aromatic carbocycles. The molecule has 0 saturated heterocycles. The van der Waals surface area contributed by atoms with Crippen molar-refractivity contribution >= 4 is 29.5 Å². The molecule has 0 aromatic heterocycles. The number of aromatic carboxylic acids is 1. The van der Waals surface area contributed by atoms with Crippen LogP contribution in [0.1, 0.15) is 10.4 Å². The van der Waals surface area contributed by atoms with Gasteiger partial charge in [-0.1, -0.05) is 18.2 Å². The highest BCUT2D eigenvalue weighted by atomic mass is 32.2. The first kappa shape index (κ1) is 16.7. The number of thioether (sulfide) groups is 1. The van der Waals surface area contributed by atoms with Crippen LogP contribution in [0.25, 0.3) is 0 Å². The molecule has 120 valence electrons. The minimum atomic E-state index is -1.28. The summed E-state index contributed by atoms with van der Waals surface area (Å²) < 4.78 is 5.02. The van der Waals surface area contributed by atoms with Gasteiger partial charge in [-0.05, 0) is 30.3 Å². The number of nitrogens with one attached hydrogen (secondary N) is 1. The molecule has 7 heteroatoms. The van der Waals surface area contributed by atoms with Gasteiger partial charge in [0.2, 0.25) is 0 Å². The molecule has 0 spiro atoms. The molecule has 23 heavy (non-hydrogen) atoms. The first-order valence-electron chi connectivity index (χ1n) is 6.74. The number of carboxylic acids is 1. The molecule has 0 fully saturated rings. The SMILES string of the molecule is O=C(Nc1ccc(O)c(C(=O)O)c1)OCCSc1ccccc1. The summed E-state index contributed by atoms with van der Waals surface area (Å²) in [4.78, 5) is 23.6. The number of hydrogen-bond donors (Lipinski definition) is 3. The van der Waals surface area contributed by atoms with E-state index >= 15 is 0 Å². The van der Waals surface area contributed by atoms with Crippen LogP contribution in [0.4, 0.5) is 10.5 Å². The Morgan fingerprint density at radius 3 is 2.57 bits per heavy atom. The number of ether oxygens (including phenoxy) is 1. The quantitative estimate of drug-likeness (QED) is 0.426. The minimum absolute atomic E-state index is 0.218.